The maximum atomic E-state index is 12.7. The maximum Gasteiger partial charge on any atom is 0.468 e. The molecule has 3 aromatic rings. The van der Waals surface area contributed by atoms with Crippen molar-refractivity contribution in [3.8, 4) is 11.3 Å². The zero-order valence-corrected chi connectivity index (χ0v) is 14.0. The molecule has 1 N–H and O–H groups in total. The molecule has 0 radical (unpaired) electrons. The molecule has 0 saturated carbocycles. The number of rotatable bonds is 3. The Hall–Kier alpha value is -3.09. The van der Waals surface area contributed by atoms with Gasteiger partial charge in [0.05, 0.1) is 0 Å². The van der Waals surface area contributed by atoms with Gasteiger partial charge >= 0.3 is 12.1 Å². The summed E-state index contributed by atoms with van der Waals surface area (Å²) in [5.41, 5.74) is 2.52. The molecule has 3 rings (SSSR count). The van der Waals surface area contributed by atoms with Crippen LogP contribution in [0.4, 0.5) is 18.9 Å². The van der Waals surface area contributed by atoms with Crippen LogP contribution >= 0.6 is 0 Å². The van der Waals surface area contributed by atoms with Crippen molar-refractivity contribution in [2.24, 2.45) is 0 Å². The fraction of sp³-hybridized carbons (Fsp3) is 0.158. The van der Waals surface area contributed by atoms with Gasteiger partial charge in [0, 0.05) is 16.8 Å². The van der Waals surface area contributed by atoms with Crippen LogP contribution < -0.4 is 5.32 Å². The van der Waals surface area contributed by atoms with Crippen LogP contribution in [0.2, 0.25) is 0 Å². The number of halogens is 3. The minimum absolute atomic E-state index is 0.0778. The normalized spacial score (nSPS) is 11.4. The molecule has 0 aliphatic heterocycles. The summed E-state index contributed by atoms with van der Waals surface area (Å²) in [6.07, 6.45) is -4.63. The molecule has 1 heterocycles. The molecule has 0 atom stereocenters. The van der Waals surface area contributed by atoms with Crippen molar-refractivity contribution in [2.75, 3.05) is 5.32 Å². The summed E-state index contributed by atoms with van der Waals surface area (Å²) in [6.45, 7) is 3.26. The summed E-state index contributed by atoms with van der Waals surface area (Å²) in [7, 11) is 0. The van der Waals surface area contributed by atoms with Gasteiger partial charge in [-0.05, 0) is 37.6 Å². The van der Waals surface area contributed by atoms with E-state index in [-0.39, 0.29) is 17.4 Å². The van der Waals surface area contributed by atoms with E-state index in [9.17, 15) is 18.0 Å². The van der Waals surface area contributed by atoms with Crippen molar-refractivity contribution in [2.45, 2.75) is 20.0 Å². The second kappa shape index (κ2) is 6.67. The third kappa shape index (κ3) is 3.61. The second-order valence-electron chi connectivity index (χ2n) is 5.77. The molecule has 0 fully saturated rings. The first kappa shape index (κ1) is 17.7. The Kier molecular flexibility index (Phi) is 4.54. The van der Waals surface area contributed by atoms with Crippen LogP contribution in [0.15, 0.2) is 52.9 Å². The molecule has 7 heteroatoms. The quantitative estimate of drug-likeness (QED) is 0.696. The van der Waals surface area contributed by atoms with E-state index in [1.165, 1.54) is 6.92 Å². The van der Waals surface area contributed by atoms with Crippen molar-refractivity contribution in [3.63, 3.8) is 0 Å². The van der Waals surface area contributed by atoms with E-state index in [4.69, 9.17) is 4.42 Å². The lowest BCUT2D eigenvalue weighted by Gasteiger charge is -2.08. The highest BCUT2D eigenvalue weighted by atomic mass is 19.4. The molecule has 0 unspecified atom stereocenters. The first-order chi connectivity index (χ1) is 12.3. The number of hydrogen-bond acceptors (Lipinski definition) is 3. The fourth-order valence-corrected chi connectivity index (χ4v) is 2.52. The number of anilines is 1. The Morgan fingerprint density at radius 2 is 1.69 bits per heavy atom. The van der Waals surface area contributed by atoms with Gasteiger partial charge < -0.3 is 9.73 Å². The summed E-state index contributed by atoms with van der Waals surface area (Å²) in [5.74, 6) is -1.45. The molecule has 1 amide bonds. The smallest absolute Gasteiger partial charge is 0.438 e. The zero-order chi connectivity index (χ0) is 18.9. The molecule has 0 aliphatic carbocycles. The van der Waals surface area contributed by atoms with Gasteiger partial charge in [0.15, 0.2) is 0 Å². The lowest BCUT2D eigenvalue weighted by Crippen LogP contribution is -2.13. The number of benzene rings is 2. The largest absolute Gasteiger partial charge is 0.468 e. The van der Waals surface area contributed by atoms with E-state index >= 15 is 0 Å². The van der Waals surface area contributed by atoms with Crippen molar-refractivity contribution in [1.29, 1.82) is 0 Å². The monoisotopic (exact) mass is 360 g/mol. The summed E-state index contributed by atoms with van der Waals surface area (Å²) >= 11 is 0. The highest BCUT2D eigenvalue weighted by Gasteiger charge is 2.38. The highest BCUT2D eigenvalue weighted by Crippen LogP contribution is 2.33. The van der Waals surface area contributed by atoms with Crippen LogP contribution in [-0.4, -0.2) is 10.9 Å². The zero-order valence-electron chi connectivity index (χ0n) is 14.0. The number of carbonyl (C=O) groups excluding carboxylic acids is 1. The summed E-state index contributed by atoms with van der Waals surface area (Å²) < 4.78 is 42.8. The van der Waals surface area contributed by atoms with E-state index < -0.39 is 12.1 Å². The predicted octanol–water partition coefficient (Wildman–Crippen LogP) is 5.23. The lowest BCUT2D eigenvalue weighted by molar-refractivity contribution is -0.157. The standard InChI is InChI=1S/C19H15F3N2O2/c1-11-5-3-4-6-15(11)17(25)23-14-9-7-13(8-10-14)16-12(2)26-18(24-16)19(20,21)22/h3-10H,1-2H3,(H,23,25). The van der Waals surface area contributed by atoms with E-state index in [1.807, 2.05) is 19.1 Å². The van der Waals surface area contributed by atoms with Gasteiger partial charge in [-0.1, -0.05) is 30.3 Å². The molecule has 0 aliphatic rings. The van der Waals surface area contributed by atoms with E-state index in [0.29, 0.717) is 16.8 Å². The van der Waals surface area contributed by atoms with Crippen LogP contribution in [0.3, 0.4) is 0 Å². The molecule has 0 spiro atoms. The number of alkyl halides is 3. The molecule has 4 nitrogen and oxygen atoms in total. The van der Waals surface area contributed by atoms with Crippen molar-refractivity contribution >= 4 is 11.6 Å². The number of nitrogens with one attached hydrogen (secondary N) is 1. The molecule has 26 heavy (non-hydrogen) atoms. The minimum Gasteiger partial charge on any atom is -0.438 e. The van der Waals surface area contributed by atoms with Crippen molar-refractivity contribution in [3.05, 3.63) is 71.3 Å². The minimum atomic E-state index is -4.63. The topological polar surface area (TPSA) is 55.1 Å². The average molecular weight is 360 g/mol. The van der Waals surface area contributed by atoms with Gasteiger partial charge in [0.2, 0.25) is 0 Å². The molecule has 1 aromatic heterocycles. The first-order valence-electron chi connectivity index (χ1n) is 7.78. The fourth-order valence-electron chi connectivity index (χ4n) is 2.52. The number of amides is 1. The Morgan fingerprint density at radius 1 is 1.04 bits per heavy atom. The van der Waals surface area contributed by atoms with E-state index in [0.717, 1.165) is 5.56 Å². The Balaban J connectivity index is 1.80. The van der Waals surface area contributed by atoms with E-state index in [2.05, 4.69) is 10.3 Å². The third-order valence-electron chi connectivity index (χ3n) is 3.84. The average Bonchev–Trinajstić information content (AvgIpc) is 2.98. The molecular formula is C19H15F3N2O2. The van der Waals surface area contributed by atoms with Crippen LogP contribution in [-0.2, 0) is 6.18 Å². The van der Waals surface area contributed by atoms with Gasteiger partial charge in [-0.15, -0.1) is 0 Å². The number of carbonyl (C=O) groups is 1. The Bertz CT molecular complexity index is 944. The molecule has 0 saturated heterocycles. The summed E-state index contributed by atoms with van der Waals surface area (Å²) in [5, 5.41) is 2.76. The maximum absolute atomic E-state index is 12.7. The number of aromatic nitrogens is 1. The summed E-state index contributed by atoms with van der Waals surface area (Å²) in [6, 6.07) is 13.5. The van der Waals surface area contributed by atoms with Crippen molar-refractivity contribution in [1.82, 2.24) is 4.98 Å². The number of aryl methyl sites for hydroxylation is 2. The number of oxazole rings is 1. The number of hydrogen-bond donors (Lipinski definition) is 1. The number of nitrogens with zero attached hydrogens (tertiary/aromatic N) is 1. The molecular weight excluding hydrogens is 345 g/mol. The summed E-state index contributed by atoms with van der Waals surface area (Å²) in [4.78, 5) is 15.8. The molecule has 2 aromatic carbocycles. The van der Waals surface area contributed by atoms with Gasteiger partial charge in [-0.2, -0.15) is 13.2 Å². The van der Waals surface area contributed by atoms with E-state index in [1.54, 1.807) is 36.4 Å². The van der Waals surface area contributed by atoms with Gasteiger partial charge in [-0.3, -0.25) is 4.79 Å². The lowest BCUT2D eigenvalue weighted by atomic mass is 10.1. The van der Waals surface area contributed by atoms with Crippen LogP contribution in [0, 0.1) is 13.8 Å². The third-order valence-corrected chi connectivity index (χ3v) is 3.84. The highest BCUT2D eigenvalue weighted by molar-refractivity contribution is 6.05. The van der Waals surface area contributed by atoms with Crippen LogP contribution in [0.1, 0.15) is 27.6 Å². The molecule has 134 valence electrons. The first-order valence-corrected chi connectivity index (χ1v) is 7.78. The Morgan fingerprint density at radius 3 is 2.27 bits per heavy atom. The second-order valence-corrected chi connectivity index (χ2v) is 5.77. The van der Waals surface area contributed by atoms with Gasteiger partial charge in [0.25, 0.3) is 5.91 Å². The van der Waals surface area contributed by atoms with Gasteiger partial charge in [-0.25, -0.2) is 4.98 Å². The van der Waals surface area contributed by atoms with Crippen LogP contribution in [0.25, 0.3) is 11.3 Å². The predicted molar refractivity (Wildman–Crippen MR) is 90.8 cm³/mol. The SMILES string of the molecule is Cc1ccccc1C(=O)Nc1ccc(-c2nc(C(F)(F)F)oc2C)cc1. The van der Waals surface area contributed by atoms with Crippen LogP contribution in [0.5, 0.6) is 0 Å². The Labute approximate surface area is 147 Å². The molecule has 0 bridgehead atoms. The van der Waals surface area contributed by atoms with Crippen molar-refractivity contribution < 1.29 is 22.4 Å². The van der Waals surface area contributed by atoms with Gasteiger partial charge in [0.1, 0.15) is 11.5 Å².